The molecule has 1 aliphatic carbocycles. The zero-order chi connectivity index (χ0) is 18.8. The van der Waals surface area contributed by atoms with E-state index in [9.17, 15) is 9.90 Å². The van der Waals surface area contributed by atoms with Crippen LogP contribution in [0, 0.1) is 11.8 Å². The molecule has 0 aromatic heterocycles. The van der Waals surface area contributed by atoms with E-state index in [1.54, 1.807) is 0 Å². The summed E-state index contributed by atoms with van der Waals surface area (Å²) < 4.78 is 5.94. The molecule has 1 unspecified atom stereocenters. The molecule has 1 N–H and O–H groups in total. The number of carbonyl (C=O) groups is 1. The molecule has 2 rings (SSSR count). The predicted octanol–water partition coefficient (Wildman–Crippen LogP) is 6.03. The van der Waals surface area contributed by atoms with Crippen LogP contribution >= 0.6 is 0 Å². The van der Waals surface area contributed by atoms with E-state index in [0.29, 0.717) is 0 Å². The van der Waals surface area contributed by atoms with Crippen LogP contribution in [0.25, 0.3) is 0 Å². The topological polar surface area (TPSA) is 46.5 Å². The maximum atomic E-state index is 11.2. The summed E-state index contributed by atoms with van der Waals surface area (Å²) in [6, 6.07) is 6.36. The van der Waals surface area contributed by atoms with E-state index in [0.717, 1.165) is 38.0 Å². The van der Waals surface area contributed by atoms with Crippen molar-refractivity contribution in [2.45, 2.75) is 84.5 Å². The normalized spacial score (nSPS) is 17.5. The second kappa shape index (κ2) is 11.3. The lowest BCUT2D eigenvalue weighted by molar-refractivity contribution is -0.143. The van der Waals surface area contributed by atoms with Crippen molar-refractivity contribution in [3.8, 4) is 5.75 Å². The summed E-state index contributed by atoms with van der Waals surface area (Å²) in [5, 5.41) is 9.22. The number of fused-ring (bicyclic) bond motifs is 1. The van der Waals surface area contributed by atoms with E-state index in [2.05, 4.69) is 25.1 Å². The Labute approximate surface area is 159 Å². The average Bonchev–Trinajstić information content (AvgIpc) is 2.65. The number of carboxylic acids is 1. The van der Waals surface area contributed by atoms with Gasteiger partial charge in [-0.3, -0.25) is 4.79 Å². The molecule has 0 spiro atoms. The summed E-state index contributed by atoms with van der Waals surface area (Å²) >= 11 is 0. The van der Waals surface area contributed by atoms with Crippen LogP contribution in [0.1, 0.15) is 82.8 Å². The second-order valence-electron chi connectivity index (χ2n) is 7.88. The minimum absolute atomic E-state index is 0.254. The highest BCUT2D eigenvalue weighted by molar-refractivity contribution is 5.70. The average molecular weight is 361 g/mol. The van der Waals surface area contributed by atoms with Crippen LogP contribution in [0.3, 0.4) is 0 Å². The minimum atomic E-state index is -0.677. The van der Waals surface area contributed by atoms with Crippen molar-refractivity contribution in [3.05, 3.63) is 29.3 Å². The third kappa shape index (κ3) is 6.66. The molecule has 1 aliphatic rings. The Bertz CT molecular complexity index is 552. The van der Waals surface area contributed by atoms with Crippen LogP contribution < -0.4 is 4.74 Å². The van der Waals surface area contributed by atoms with Gasteiger partial charge >= 0.3 is 5.97 Å². The summed E-state index contributed by atoms with van der Waals surface area (Å²) in [7, 11) is 0. The van der Waals surface area contributed by atoms with Gasteiger partial charge in [-0.1, -0.05) is 64.9 Å². The molecule has 0 aliphatic heterocycles. The zero-order valence-corrected chi connectivity index (χ0v) is 16.6. The largest absolute Gasteiger partial charge is 0.494 e. The Morgan fingerprint density at radius 2 is 1.81 bits per heavy atom. The predicted molar refractivity (Wildman–Crippen MR) is 107 cm³/mol. The number of unbranched alkanes of at least 4 members (excludes halogenated alkanes) is 7. The molecule has 0 fully saturated rings. The van der Waals surface area contributed by atoms with E-state index >= 15 is 0 Å². The van der Waals surface area contributed by atoms with Crippen molar-refractivity contribution >= 4 is 5.97 Å². The lowest BCUT2D eigenvalue weighted by atomic mass is 9.77. The van der Waals surface area contributed by atoms with Gasteiger partial charge < -0.3 is 9.84 Å². The van der Waals surface area contributed by atoms with E-state index in [1.165, 1.54) is 56.1 Å². The van der Waals surface area contributed by atoms with Gasteiger partial charge in [-0.2, -0.15) is 0 Å². The molecular weight excluding hydrogens is 324 g/mol. The lowest BCUT2D eigenvalue weighted by Crippen LogP contribution is -2.26. The summed E-state index contributed by atoms with van der Waals surface area (Å²) in [5.41, 5.74) is 2.64. The molecular formula is C23H36O3. The molecule has 0 bridgehead atoms. The van der Waals surface area contributed by atoms with E-state index in [-0.39, 0.29) is 11.8 Å². The summed E-state index contributed by atoms with van der Waals surface area (Å²) in [6.45, 7) is 4.89. The molecule has 0 amide bonds. The van der Waals surface area contributed by atoms with Crippen LogP contribution in [-0.4, -0.2) is 17.7 Å². The number of aryl methyl sites for hydroxylation is 1. The summed E-state index contributed by atoms with van der Waals surface area (Å²) in [5.74, 6) is 0.283. The Balaban J connectivity index is 1.67. The maximum absolute atomic E-state index is 11.2. The van der Waals surface area contributed by atoms with Crippen LogP contribution in [0.15, 0.2) is 18.2 Å². The van der Waals surface area contributed by atoms with Crippen LogP contribution in [-0.2, 0) is 17.6 Å². The fourth-order valence-electron chi connectivity index (χ4n) is 3.90. The third-order valence-corrected chi connectivity index (χ3v) is 5.81. The van der Waals surface area contributed by atoms with E-state index in [1.807, 2.05) is 6.92 Å². The number of benzene rings is 1. The Morgan fingerprint density at radius 1 is 1.12 bits per heavy atom. The van der Waals surface area contributed by atoms with Gasteiger partial charge in [0.15, 0.2) is 0 Å². The van der Waals surface area contributed by atoms with Crippen molar-refractivity contribution in [3.63, 3.8) is 0 Å². The number of hydrogen-bond donors (Lipinski definition) is 1. The van der Waals surface area contributed by atoms with E-state index in [4.69, 9.17) is 4.74 Å². The van der Waals surface area contributed by atoms with Crippen molar-refractivity contribution in [2.24, 2.45) is 11.8 Å². The molecule has 2 atom stereocenters. The maximum Gasteiger partial charge on any atom is 0.306 e. The lowest BCUT2D eigenvalue weighted by Gasteiger charge is -2.27. The molecule has 3 nitrogen and oxygen atoms in total. The standard InChI is InChI=1S/C23H36O3/c1-3-4-5-6-7-8-9-10-15-26-22-14-13-20-16-19(18(2)23(24)25)11-12-21(20)17-22/h13-14,17-19H,3-12,15-16H2,1-2H3,(H,24,25)/t18-,19?/m0/s1. The molecule has 0 heterocycles. The monoisotopic (exact) mass is 360 g/mol. The third-order valence-electron chi connectivity index (χ3n) is 5.81. The molecule has 1 aromatic rings. The zero-order valence-electron chi connectivity index (χ0n) is 16.6. The van der Waals surface area contributed by atoms with E-state index < -0.39 is 5.97 Å². The highest BCUT2D eigenvalue weighted by Crippen LogP contribution is 2.32. The smallest absolute Gasteiger partial charge is 0.306 e. The molecule has 0 saturated heterocycles. The molecule has 1 aromatic carbocycles. The quantitative estimate of drug-likeness (QED) is 0.463. The first-order valence-electron chi connectivity index (χ1n) is 10.6. The fraction of sp³-hybridized carbons (Fsp3) is 0.696. The van der Waals surface area contributed by atoms with Crippen LogP contribution in [0.5, 0.6) is 5.75 Å². The first kappa shape index (κ1) is 20.8. The van der Waals surface area contributed by atoms with Gasteiger partial charge in [0, 0.05) is 0 Å². The molecule has 146 valence electrons. The first-order valence-corrected chi connectivity index (χ1v) is 10.6. The van der Waals surface area contributed by atoms with Gasteiger partial charge in [0.1, 0.15) is 5.75 Å². The number of ether oxygens (including phenoxy) is 1. The van der Waals surface area contributed by atoms with Crippen molar-refractivity contribution in [2.75, 3.05) is 6.61 Å². The van der Waals surface area contributed by atoms with Gasteiger partial charge in [0.25, 0.3) is 0 Å². The highest BCUT2D eigenvalue weighted by Gasteiger charge is 2.27. The Morgan fingerprint density at radius 3 is 2.50 bits per heavy atom. The minimum Gasteiger partial charge on any atom is -0.494 e. The molecule has 3 heteroatoms. The molecule has 26 heavy (non-hydrogen) atoms. The van der Waals surface area contributed by atoms with Gasteiger partial charge in [-0.15, -0.1) is 0 Å². The van der Waals surface area contributed by atoms with Gasteiger partial charge in [-0.25, -0.2) is 0 Å². The Hall–Kier alpha value is -1.51. The number of aliphatic carboxylic acids is 1. The second-order valence-corrected chi connectivity index (χ2v) is 7.88. The van der Waals surface area contributed by atoms with Gasteiger partial charge in [-0.05, 0) is 54.9 Å². The molecule has 0 saturated carbocycles. The first-order chi connectivity index (χ1) is 12.6. The van der Waals surface area contributed by atoms with Crippen LogP contribution in [0.4, 0.5) is 0 Å². The summed E-state index contributed by atoms with van der Waals surface area (Å²) in [4.78, 5) is 11.2. The molecule has 0 radical (unpaired) electrons. The SMILES string of the molecule is CCCCCCCCCCOc1ccc2c(c1)CCC([C@H](C)C(=O)O)C2. The number of rotatable bonds is 12. The summed E-state index contributed by atoms with van der Waals surface area (Å²) in [6.07, 6.45) is 13.3. The van der Waals surface area contributed by atoms with Crippen molar-refractivity contribution < 1.29 is 14.6 Å². The van der Waals surface area contributed by atoms with Crippen LogP contribution in [0.2, 0.25) is 0 Å². The van der Waals surface area contributed by atoms with Gasteiger partial charge in [0.2, 0.25) is 0 Å². The Kier molecular flexibility index (Phi) is 9.00. The van der Waals surface area contributed by atoms with Crippen molar-refractivity contribution in [1.29, 1.82) is 0 Å². The highest BCUT2D eigenvalue weighted by atomic mass is 16.5. The van der Waals surface area contributed by atoms with Crippen molar-refractivity contribution in [1.82, 2.24) is 0 Å². The fourth-order valence-corrected chi connectivity index (χ4v) is 3.90. The number of hydrogen-bond acceptors (Lipinski definition) is 2. The van der Waals surface area contributed by atoms with Gasteiger partial charge in [0.05, 0.1) is 12.5 Å². The number of carboxylic acid groups (broad SMARTS) is 1.